The van der Waals surface area contributed by atoms with E-state index in [2.05, 4.69) is 10.6 Å². The van der Waals surface area contributed by atoms with Crippen molar-refractivity contribution in [2.75, 3.05) is 18.5 Å². The van der Waals surface area contributed by atoms with Crippen molar-refractivity contribution in [2.24, 2.45) is 0 Å². The lowest BCUT2D eigenvalue weighted by Gasteiger charge is -2.09. The zero-order valence-electron chi connectivity index (χ0n) is 14.8. The van der Waals surface area contributed by atoms with Gasteiger partial charge in [0.2, 0.25) is 0 Å². The molecule has 0 fully saturated rings. The van der Waals surface area contributed by atoms with Crippen LogP contribution >= 0.6 is 0 Å². The molecule has 0 bridgehead atoms. The second-order valence-electron chi connectivity index (χ2n) is 5.98. The van der Waals surface area contributed by atoms with Crippen LogP contribution in [-0.2, 0) is 6.54 Å². The van der Waals surface area contributed by atoms with Crippen molar-refractivity contribution in [3.05, 3.63) is 89.5 Å². The maximum absolute atomic E-state index is 12.9. The predicted octanol–water partition coefficient (Wildman–Crippen LogP) is 3.78. The lowest BCUT2D eigenvalue weighted by Crippen LogP contribution is -2.30. The van der Waals surface area contributed by atoms with E-state index in [1.54, 1.807) is 24.3 Å². The molecule has 0 saturated carbocycles. The summed E-state index contributed by atoms with van der Waals surface area (Å²) in [7, 11) is 0. The monoisotopic (exact) mass is 366 g/mol. The maximum Gasteiger partial charge on any atom is 0.277 e. The van der Waals surface area contributed by atoms with Crippen LogP contribution < -0.4 is 20.1 Å². The van der Waals surface area contributed by atoms with E-state index in [0.717, 1.165) is 28.2 Å². The highest BCUT2D eigenvalue weighted by molar-refractivity contribution is 5.36. The van der Waals surface area contributed by atoms with Crippen molar-refractivity contribution in [3.63, 3.8) is 0 Å². The number of benzene rings is 2. The van der Waals surface area contributed by atoms with E-state index in [4.69, 9.17) is 4.74 Å². The highest BCUT2D eigenvalue weighted by Crippen LogP contribution is 2.15. The first-order valence-corrected chi connectivity index (χ1v) is 8.77. The minimum absolute atomic E-state index is 0.262. The standard InChI is InChI=1S/C21H21FN3O2/c22-18-7-9-19(10-8-18)24-16-17-5-11-20(12-6-17)27-15-3-13-23-21-4-1-2-14-25(21)26/h1-2,4-12,14,23H,3,13,15-16H2. The third kappa shape index (κ3) is 5.88. The molecule has 0 spiro atoms. The van der Waals surface area contributed by atoms with Gasteiger partial charge in [-0.3, -0.25) is 10.6 Å². The average Bonchev–Trinajstić information content (AvgIpc) is 2.69. The predicted molar refractivity (Wildman–Crippen MR) is 102 cm³/mol. The molecule has 6 heteroatoms. The topological polar surface area (TPSA) is 62.3 Å². The van der Waals surface area contributed by atoms with Crippen molar-refractivity contribution in [1.82, 2.24) is 5.32 Å². The summed E-state index contributed by atoms with van der Waals surface area (Å²) >= 11 is 0. The lowest BCUT2D eigenvalue weighted by molar-refractivity contribution is -0.590. The summed E-state index contributed by atoms with van der Waals surface area (Å²) in [6, 6.07) is 19.1. The van der Waals surface area contributed by atoms with Crippen LogP contribution in [0.4, 0.5) is 15.9 Å². The van der Waals surface area contributed by atoms with Gasteiger partial charge in [-0.2, -0.15) is 0 Å². The van der Waals surface area contributed by atoms with E-state index < -0.39 is 0 Å². The van der Waals surface area contributed by atoms with Gasteiger partial charge in [-0.05, 0) is 48.0 Å². The van der Waals surface area contributed by atoms with Gasteiger partial charge in [-0.15, -0.1) is 0 Å². The Bertz CT molecular complexity index is 839. The quantitative estimate of drug-likeness (QED) is 0.356. The van der Waals surface area contributed by atoms with Crippen LogP contribution in [0.25, 0.3) is 0 Å². The Morgan fingerprint density at radius 2 is 1.78 bits per heavy atom. The number of hydrogen-bond acceptors (Lipinski definition) is 3. The minimum Gasteiger partial charge on any atom is -0.711 e. The molecule has 1 radical (unpaired) electrons. The van der Waals surface area contributed by atoms with Gasteiger partial charge in [-0.1, -0.05) is 18.2 Å². The van der Waals surface area contributed by atoms with Gasteiger partial charge in [0, 0.05) is 12.5 Å². The molecule has 0 atom stereocenters. The molecule has 1 aromatic heterocycles. The molecular weight excluding hydrogens is 345 g/mol. The molecule has 0 unspecified atom stereocenters. The molecule has 0 amide bonds. The van der Waals surface area contributed by atoms with E-state index in [-0.39, 0.29) is 5.82 Å². The van der Waals surface area contributed by atoms with Gasteiger partial charge in [0.05, 0.1) is 31.6 Å². The van der Waals surface area contributed by atoms with Crippen LogP contribution in [0.15, 0.2) is 72.9 Å². The van der Waals surface area contributed by atoms with Crippen LogP contribution in [0, 0.1) is 11.0 Å². The Labute approximate surface area is 158 Å². The molecule has 0 aliphatic carbocycles. The Morgan fingerprint density at radius 3 is 2.52 bits per heavy atom. The number of halogens is 1. The smallest absolute Gasteiger partial charge is 0.277 e. The average molecular weight is 366 g/mol. The number of nitrogens with one attached hydrogen (secondary N) is 1. The van der Waals surface area contributed by atoms with Crippen LogP contribution in [0.2, 0.25) is 0 Å². The molecule has 2 aromatic carbocycles. The van der Waals surface area contributed by atoms with E-state index in [1.807, 2.05) is 30.3 Å². The Balaban J connectivity index is 1.36. The van der Waals surface area contributed by atoms with Gasteiger partial charge in [0.25, 0.3) is 5.82 Å². The second-order valence-corrected chi connectivity index (χ2v) is 5.98. The summed E-state index contributed by atoms with van der Waals surface area (Å²) in [5, 5.41) is 19.0. The van der Waals surface area contributed by atoms with E-state index >= 15 is 0 Å². The summed E-state index contributed by atoms with van der Waals surface area (Å²) in [5.41, 5.74) is 1.81. The fourth-order valence-corrected chi connectivity index (χ4v) is 2.46. The van der Waals surface area contributed by atoms with Crippen molar-refractivity contribution < 1.29 is 13.9 Å². The van der Waals surface area contributed by atoms with Crippen LogP contribution in [-0.4, -0.2) is 13.2 Å². The van der Waals surface area contributed by atoms with Crippen molar-refractivity contribution in [2.45, 2.75) is 13.0 Å². The normalized spacial score (nSPS) is 10.4. The van der Waals surface area contributed by atoms with E-state index in [1.165, 1.54) is 18.3 Å². The molecule has 0 aliphatic rings. The van der Waals surface area contributed by atoms with Gasteiger partial charge in [-0.25, -0.2) is 9.12 Å². The summed E-state index contributed by atoms with van der Waals surface area (Å²) in [5.74, 6) is 1.06. The molecular formula is C21H21FN3O2. The molecule has 0 aliphatic heterocycles. The first-order chi connectivity index (χ1) is 13.2. The van der Waals surface area contributed by atoms with E-state index in [0.29, 0.717) is 25.5 Å². The highest BCUT2D eigenvalue weighted by atomic mass is 19.1. The number of rotatable bonds is 9. The summed E-state index contributed by atoms with van der Waals surface area (Å²) in [4.78, 5) is 0. The van der Waals surface area contributed by atoms with Crippen molar-refractivity contribution >= 4 is 11.5 Å². The molecule has 1 N–H and O–H groups in total. The Hall–Kier alpha value is -3.28. The number of ether oxygens (including phenoxy) is 1. The van der Waals surface area contributed by atoms with Crippen molar-refractivity contribution in [1.29, 1.82) is 0 Å². The molecule has 0 saturated heterocycles. The third-order valence-electron chi connectivity index (χ3n) is 3.91. The number of nitrogens with zero attached hydrogens (tertiary/aromatic N) is 2. The SMILES string of the molecule is [O-][n+]1ccccc1NCCCOc1ccc(C[N]c2ccc(F)cc2)cc1. The number of hydrogen-bond donors (Lipinski definition) is 1. The second kappa shape index (κ2) is 9.43. The van der Waals surface area contributed by atoms with Crippen molar-refractivity contribution in [3.8, 4) is 5.75 Å². The highest BCUT2D eigenvalue weighted by Gasteiger charge is 2.02. The fraction of sp³-hybridized carbons (Fsp3) is 0.190. The first kappa shape index (κ1) is 18.5. The minimum atomic E-state index is -0.262. The fourth-order valence-electron chi connectivity index (χ4n) is 2.46. The largest absolute Gasteiger partial charge is 0.711 e. The maximum atomic E-state index is 12.9. The summed E-state index contributed by atoms with van der Waals surface area (Å²) < 4.78 is 19.4. The summed E-state index contributed by atoms with van der Waals surface area (Å²) in [6.45, 7) is 1.74. The molecule has 3 aromatic rings. The van der Waals surface area contributed by atoms with Crippen LogP contribution in [0.3, 0.4) is 0 Å². The van der Waals surface area contributed by atoms with Gasteiger partial charge in [0.15, 0.2) is 0 Å². The zero-order valence-corrected chi connectivity index (χ0v) is 14.8. The van der Waals surface area contributed by atoms with E-state index in [9.17, 15) is 9.60 Å². The molecule has 139 valence electrons. The van der Waals surface area contributed by atoms with Gasteiger partial charge < -0.3 is 9.94 Å². The van der Waals surface area contributed by atoms with Crippen LogP contribution in [0.1, 0.15) is 12.0 Å². The zero-order chi connectivity index (χ0) is 18.9. The Kier molecular flexibility index (Phi) is 6.46. The molecule has 3 rings (SSSR count). The van der Waals surface area contributed by atoms with Crippen LogP contribution in [0.5, 0.6) is 5.75 Å². The number of anilines is 1. The first-order valence-electron chi connectivity index (χ1n) is 8.77. The molecule has 1 heterocycles. The lowest BCUT2D eigenvalue weighted by atomic mass is 10.2. The molecule has 27 heavy (non-hydrogen) atoms. The number of aromatic nitrogens is 1. The van der Waals surface area contributed by atoms with Gasteiger partial charge in [0.1, 0.15) is 11.6 Å². The summed E-state index contributed by atoms with van der Waals surface area (Å²) in [6.07, 6.45) is 2.24. The Morgan fingerprint density at radius 1 is 1.00 bits per heavy atom. The number of pyridine rings is 1. The molecule has 5 nitrogen and oxygen atoms in total. The third-order valence-corrected chi connectivity index (χ3v) is 3.91. The van der Waals surface area contributed by atoms with Gasteiger partial charge >= 0.3 is 0 Å².